The average molecular weight is 376 g/mol. The number of rotatable bonds is 2. The first-order valence-electron chi connectivity index (χ1n) is 9.09. The van der Waals surface area contributed by atoms with E-state index in [2.05, 4.69) is 6.58 Å². The van der Waals surface area contributed by atoms with Crippen LogP contribution in [0.25, 0.3) is 0 Å². The van der Waals surface area contributed by atoms with Crippen LogP contribution in [-0.2, 0) is 28.8 Å². The van der Waals surface area contributed by atoms with Crippen molar-refractivity contribution in [2.75, 3.05) is 0 Å². The van der Waals surface area contributed by atoms with Crippen molar-refractivity contribution in [2.24, 2.45) is 11.8 Å². The summed E-state index contributed by atoms with van der Waals surface area (Å²) < 4.78 is 11.4. The van der Waals surface area contributed by atoms with E-state index in [9.17, 15) is 14.7 Å². The van der Waals surface area contributed by atoms with Crippen LogP contribution < -0.4 is 0 Å². The topological polar surface area (TPSA) is 91.3 Å². The Labute approximate surface area is 157 Å². The Kier molecular flexibility index (Phi) is 3.77. The predicted molar refractivity (Wildman–Crippen MR) is 93.0 cm³/mol. The molecular formula is C20H24O7. The summed E-state index contributed by atoms with van der Waals surface area (Å²) in [5.41, 5.74) is -2.81. The van der Waals surface area contributed by atoms with Crippen molar-refractivity contribution < 1.29 is 33.9 Å². The fourth-order valence-electron chi connectivity index (χ4n) is 4.87. The highest BCUT2D eigenvalue weighted by Gasteiger charge is 2.75. The number of carbonyl (C=O) groups excluding carboxylic acids is 2. The van der Waals surface area contributed by atoms with E-state index in [0.29, 0.717) is 5.57 Å². The van der Waals surface area contributed by atoms with Gasteiger partial charge in [0.25, 0.3) is 0 Å². The molecule has 0 aromatic rings. The number of fused-ring (bicyclic) bond motifs is 1. The number of allylic oxidation sites excluding steroid dienone is 1. The minimum atomic E-state index is -1.42. The molecule has 7 atom stereocenters. The molecule has 2 aliphatic carbocycles. The molecule has 27 heavy (non-hydrogen) atoms. The van der Waals surface area contributed by atoms with E-state index in [0.717, 1.165) is 0 Å². The van der Waals surface area contributed by atoms with E-state index in [1.165, 1.54) is 0 Å². The molecule has 2 aliphatic heterocycles. The highest BCUT2D eigenvalue weighted by Crippen LogP contribution is 2.61. The first-order valence-corrected chi connectivity index (χ1v) is 9.09. The Morgan fingerprint density at radius 3 is 2.67 bits per heavy atom. The number of aliphatic hydroxyl groups is 1. The first kappa shape index (κ1) is 18.4. The Bertz CT molecular complexity index is 794. The second-order valence-electron chi connectivity index (χ2n) is 8.27. The van der Waals surface area contributed by atoms with Gasteiger partial charge in [0.15, 0.2) is 5.60 Å². The van der Waals surface area contributed by atoms with Gasteiger partial charge in [0.2, 0.25) is 0 Å². The Morgan fingerprint density at radius 1 is 1.37 bits per heavy atom. The van der Waals surface area contributed by atoms with Gasteiger partial charge in [0, 0.05) is 17.6 Å². The van der Waals surface area contributed by atoms with Crippen LogP contribution >= 0.6 is 0 Å². The van der Waals surface area contributed by atoms with Gasteiger partial charge in [-0.1, -0.05) is 18.7 Å². The zero-order chi connectivity index (χ0) is 19.8. The maximum absolute atomic E-state index is 12.4. The SMILES string of the molecule is C=C1C(=O)O[C@H]2[C@@H]1[C@@H](OC(=O)/C(C)=C/C)C[C@@](C)(O)[C@@]13C=C[C@@](C)(OO1)[C@H]23. The minimum absolute atomic E-state index is 0.0485. The third-order valence-electron chi connectivity index (χ3n) is 6.55. The number of hydrogen-bond acceptors (Lipinski definition) is 7. The van der Waals surface area contributed by atoms with Crippen LogP contribution in [0.2, 0.25) is 0 Å². The molecule has 4 rings (SSSR count). The Morgan fingerprint density at radius 2 is 2.07 bits per heavy atom. The van der Waals surface area contributed by atoms with Gasteiger partial charge < -0.3 is 14.6 Å². The normalized spacial score (nSPS) is 48.1. The molecule has 146 valence electrons. The monoisotopic (exact) mass is 376 g/mol. The molecule has 0 amide bonds. The summed E-state index contributed by atoms with van der Waals surface area (Å²) in [6.07, 6.45) is 3.83. The van der Waals surface area contributed by atoms with Gasteiger partial charge >= 0.3 is 11.9 Å². The second kappa shape index (κ2) is 5.53. The Hall–Kier alpha value is -1.96. The van der Waals surface area contributed by atoms with Gasteiger partial charge in [-0.3, -0.25) is 0 Å². The lowest BCUT2D eigenvalue weighted by Crippen LogP contribution is -2.56. The molecule has 0 unspecified atom stereocenters. The fourth-order valence-corrected chi connectivity index (χ4v) is 4.87. The maximum Gasteiger partial charge on any atom is 0.334 e. The molecule has 2 bridgehead atoms. The van der Waals surface area contributed by atoms with Gasteiger partial charge in [0.1, 0.15) is 23.4 Å². The number of hydrogen-bond donors (Lipinski definition) is 1. The standard InChI is InChI=1S/C20H24O7/c1-6-10(2)16(21)24-12-9-19(5,23)20-8-7-18(4,26-27-20)15(20)14-13(12)11(3)17(22)25-14/h6-8,12-15,23H,3,9H2,1-2,4-5H3/b10-6+/t12-,13-,14-,15-,18+,19+,20-/m0/s1. The van der Waals surface area contributed by atoms with Gasteiger partial charge in [0.05, 0.1) is 11.8 Å². The molecular weight excluding hydrogens is 352 g/mol. The molecule has 3 fully saturated rings. The number of carbonyl (C=O) groups is 2. The van der Waals surface area contributed by atoms with E-state index >= 15 is 0 Å². The van der Waals surface area contributed by atoms with E-state index in [-0.39, 0.29) is 12.0 Å². The summed E-state index contributed by atoms with van der Waals surface area (Å²) >= 11 is 0. The quantitative estimate of drug-likeness (QED) is 0.340. The molecule has 2 heterocycles. The smallest absolute Gasteiger partial charge is 0.334 e. The molecule has 0 aromatic carbocycles. The third kappa shape index (κ3) is 2.25. The van der Waals surface area contributed by atoms with Crippen molar-refractivity contribution in [3.05, 3.63) is 36.0 Å². The molecule has 7 nitrogen and oxygen atoms in total. The van der Waals surface area contributed by atoms with Crippen LogP contribution in [0.15, 0.2) is 36.0 Å². The maximum atomic E-state index is 12.4. The molecule has 1 saturated carbocycles. The summed E-state index contributed by atoms with van der Waals surface area (Å²) in [6, 6.07) is 0. The van der Waals surface area contributed by atoms with E-state index < -0.39 is 52.8 Å². The van der Waals surface area contributed by atoms with E-state index in [4.69, 9.17) is 19.2 Å². The zero-order valence-corrected chi connectivity index (χ0v) is 15.9. The zero-order valence-electron chi connectivity index (χ0n) is 15.9. The second-order valence-corrected chi connectivity index (χ2v) is 8.27. The van der Waals surface area contributed by atoms with Crippen LogP contribution in [0.3, 0.4) is 0 Å². The highest BCUT2D eigenvalue weighted by atomic mass is 17.2. The van der Waals surface area contributed by atoms with Gasteiger partial charge in [-0.25, -0.2) is 19.4 Å². The van der Waals surface area contributed by atoms with Gasteiger partial charge in [-0.05, 0) is 33.8 Å². The van der Waals surface area contributed by atoms with Crippen LogP contribution in [0, 0.1) is 11.8 Å². The average Bonchev–Trinajstić information content (AvgIpc) is 3.16. The Balaban J connectivity index is 1.80. The van der Waals surface area contributed by atoms with Crippen LogP contribution in [-0.4, -0.2) is 46.1 Å². The molecule has 1 N–H and O–H groups in total. The summed E-state index contributed by atoms with van der Waals surface area (Å²) in [4.78, 5) is 35.9. The van der Waals surface area contributed by atoms with Crippen molar-refractivity contribution in [1.29, 1.82) is 0 Å². The van der Waals surface area contributed by atoms with Crippen LogP contribution in [0.1, 0.15) is 34.1 Å². The van der Waals surface area contributed by atoms with Crippen LogP contribution in [0.5, 0.6) is 0 Å². The first-order chi connectivity index (χ1) is 12.6. The lowest BCUT2D eigenvalue weighted by atomic mass is 9.71. The van der Waals surface area contributed by atoms with Crippen molar-refractivity contribution in [2.45, 2.75) is 63.1 Å². The van der Waals surface area contributed by atoms with Crippen LogP contribution in [0.4, 0.5) is 0 Å². The predicted octanol–water partition coefficient (Wildman–Crippen LogP) is 1.76. The van der Waals surface area contributed by atoms with Gasteiger partial charge in [-0.15, -0.1) is 0 Å². The third-order valence-corrected chi connectivity index (χ3v) is 6.55. The summed E-state index contributed by atoms with van der Waals surface area (Å²) in [5, 5.41) is 11.4. The lowest BCUT2D eigenvalue weighted by Gasteiger charge is -2.40. The fraction of sp³-hybridized carbons (Fsp3) is 0.600. The van der Waals surface area contributed by atoms with Crippen molar-refractivity contribution in [3.8, 4) is 0 Å². The molecule has 0 aromatic heterocycles. The van der Waals surface area contributed by atoms with E-state index in [1.807, 2.05) is 13.0 Å². The highest BCUT2D eigenvalue weighted by molar-refractivity contribution is 5.92. The summed E-state index contributed by atoms with van der Waals surface area (Å²) in [7, 11) is 0. The van der Waals surface area contributed by atoms with Crippen molar-refractivity contribution >= 4 is 11.9 Å². The lowest BCUT2D eigenvalue weighted by molar-refractivity contribution is -0.361. The number of esters is 2. The van der Waals surface area contributed by atoms with Crippen molar-refractivity contribution in [1.82, 2.24) is 0 Å². The molecule has 7 heteroatoms. The number of ether oxygens (including phenoxy) is 2. The summed E-state index contributed by atoms with van der Waals surface area (Å²) in [6.45, 7) is 10.7. The van der Waals surface area contributed by atoms with Gasteiger partial charge in [-0.2, -0.15) is 0 Å². The summed E-state index contributed by atoms with van der Waals surface area (Å²) in [5.74, 6) is -2.10. The molecule has 0 spiro atoms. The molecule has 0 radical (unpaired) electrons. The largest absolute Gasteiger partial charge is 0.458 e. The molecule has 4 aliphatic rings. The van der Waals surface area contributed by atoms with Crippen molar-refractivity contribution in [3.63, 3.8) is 0 Å². The van der Waals surface area contributed by atoms with E-state index in [1.54, 1.807) is 32.9 Å². The minimum Gasteiger partial charge on any atom is -0.458 e. The molecule has 2 saturated heterocycles.